The highest BCUT2D eigenvalue weighted by Crippen LogP contribution is 2.32. The fourth-order valence-electron chi connectivity index (χ4n) is 3.91. The van der Waals surface area contributed by atoms with Crippen LogP contribution in [0.4, 0.5) is 4.79 Å². The molecule has 1 atom stereocenters. The lowest BCUT2D eigenvalue weighted by molar-refractivity contribution is -0.153. The number of aliphatic carboxylic acids is 1. The minimum atomic E-state index is -0.995. The second kappa shape index (κ2) is 7.35. The maximum Gasteiger partial charge on any atom is 0.331 e. The fraction of sp³-hybridized carbons (Fsp3) is 0.526. The number of carbonyl (C=O) groups is 3. The van der Waals surface area contributed by atoms with Crippen LogP contribution in [0.15, 0.2) is 24.3 Å². The topological polar surface area (TPSA) is 81.2 Å². The number of hydrogen-bond donors (Lipinski definition) is 1. The number of urea groups is 1. The van der Waals surface area contributed by atoms with Gasteiger partial charge in [0.05, 0.1) is 0 Å². The quantitative estimate of drug-likeness (QED) is 0.869. The lowest BCUT2D eigenvalue weighted by Gasteiger charge is -2.39. The lowest BCUT2D eigenvalue weighted by atomic mass is 9.89. The maximum atomic E-state index is 13.0. The first-order valence-electron chi connectivity index (χ1n) is 8.97. The molecule has 0 aromatic heterocycles. The molecule has 0 aliphatic carbocycles. The van der Waals surface area contributed by atoms with Crippen molar-refractivity contribution in [2.45, 2.75) is 25.3 Å². The highest BCUT2D eigenvalue weighted by molar-refractivity contribution is 5.87. The fourth-order valence-corrected chi connectivity index (χ4v) is 3.91. The molecule has 0 spiro atoms. The summed E-state index contributed by atoms with van der Waals surface area (Å²) in [5.74, 6) is -1.33. The third-order valence-corrected chi connectivity index (χ3v) is 5.30. The molecule has 2 heterocycles. The lowest BCUT2D eigenvalue weighted by Crippen LogP contribution is -2.50. The monoisotopic (exact) mass is 359 g/mol. The molecule has 1 N–H and O–H groups in total. The van der Waals surface area contributed by atoms with Gasteiger partial charge in [-0.2, -0.15) is 0 Å². The summed E-state index contributed by atoms with van der Waals surface area (Å²) in [5.41, 5.74) is 1.70. The third kappa shape index (κ3) is 3.38. The van der Waals surface area contributed by atoms with Gasteiger partial charge in [0.1, 0.15) is 0 Å². The van der Waals surface area contributed by atoms with Crippen molar-refractivity contribution in [2.75, 3.05) is 33.7 Å². The van der Waals surface area contributed by atoms with Crippen molar-refractivity contribution in [3.63, 3.8) is 0 Å². The van der Waals surface area contributed by atoms with Crippen molar-refractivity contribution in [3.8, 4) is 0 Å². The minimum absolute atomic E-state index is 0.0498. The van der Waals surface area contributed by atoms with Crippen molar-refractivity contribution >= 4 is 17.9 Å². The molecule has 1 unspecified atom stereocenters. The number of carboxylic acids is 1. The Morgan fingerprint density at radius 1 is 1.08 bits per heavy atom. The van der Waals surface area contributed by atoms with E-state index in [2.05, 4.69) is 0 Å². The van der Waals surface area contributed by atoms with Crippen LogP contribution in [0.1, 0.15) is 30.0 Å². The number of likely N-dealkylation sites (tertiary alicyclic amines) is 1. The van der Waals surface area contributed by atoms with Gasteiger partial charge >= 0.3 is 12.0 Å². The number of nitrogens with zero attached hydrogens (tertiary/aromatic N) is 3. The Balaban J connectivity index is 1.72. The predicted molar refractivity (Wildman–Crippen MR) is 95.6 cm³/mol. The molecule has 1 aromatic rings. The molecule has 26 heavy (non-hydrogen) atoms. The van der Waals surface area contributed by atoms with Gasteiger partial charge in [-0.1, -0.05) is 24.3 Å². The number of rotatable bonds is 2. The molecule has 0 bridgehead atoms. The van der Waals surface area contributed by atoms with Gasteiger partial charge in [0.15, 0.2) is 6.04 Å². The maximum absolute atomic E-state index is 13.0. The number of hydrogen-bond acceptors (Lipinski definition) is 3. The van der Waals surface area contributed by atoms with E-state index in [1.165, 1.54) is 9.80 Å². The molecule has 140 valence electrons. The molecule has 2 aliphatic heterocycles. The second-order valence-electron chi connectivity index (χ2n) is 7.16. The van der Waals surface area contributed by atoms with Crippen LogP contribution in [0.5, 0.6) is 0 Å². The van der Waals surface area contributed by atoms with Gasteiger partial charge < -0.3 is 19.8 Å². The Hall–Kier alpha value is -2.57. The van der Waals surface area contributed by atoms with E-state index in [4.69, 9.17) is 0 Å². The second-order valence-corrected chi connectivity index (χ2v) is 7.16. The molecule has 3 rings (SSSR count). The Labute approximate surface area is 153 Å². The van der Waals surface area contributed by atoms with Crippen molar-refractivity contribution < 1.29 is 19.5 Å². The summed E-state index contributed by atoms with van der Waals surface area (Å²) < 4.78 is 0. The smallest absolute Gasteiger partial charge is 0.331 e. The number of carbonyl (C=O) groups excluding carboxylic acids is 2. The van der Waals surface area contributed by atoms with Crippen LogP contribution < -0.4 is 0 Å². The summed E-state index contributed by atoms with van der Waals surface area (Å²) >= 11 is 0. The van der Waals surface area contributed by atoms with Gasteiger partial charge in [-0.05, 0) is 30.4 Å². The van der Waals surface area contributed by atoms with Crippen LogP contribution >= 0.6 is 0 Å². The van der Waals surface area contributed by atoms with Crippen LogP contribution in [-0.4, -0.2) is 71.4 Å². The zero-order valence-corrected chi connectivity index (χ0v) is 15.2. The average molecular weight is 359 g/mol. The Morgan fingerprint density at radius 2 is 1.73 bits per heavy atom. The highest BCUT2D eigenvalue weighted by atomic mass is 16.4. The first-order chi connectivity index (χ1) is 12.4. The van der Waals surface area contributed by atoms with E-state index in [1.807, 2.05) is 18.2 Å². The van der Waals surface area contributed by atoms with Gasteiger partial charge in [0.25, 0.3) is 0 Å². The standard InChI is InChI=1S/C19H25N3O4/c1-20(2)19(26)21-10-7-14(8-11-21)17(23)22-12-9-13-5-3-4-6-15(13)16(22)18(24)25/h3-6,14,16H,7-12H2,1-2H3,(H,24,25). The van der Waals surface area contributed by atoms with E-state index in [1.54, 1.807) is 25.1 Å². The largest absolute Gasteiger partial charge is 0.479 e. The molecule has 2 aliphatic rings. The normalized spacial score (nSPS) is 20.5. The average Bonchev–Trinajstić information content (AvgIpc) is 2.65. The number of piperidine rings is 1. The number of fused-ring (bicyclic) bond motifs is 1. The van der Waals surface area contributed by atoms with Crippen molar-refractivity contribution in [1.29, 1.82) is 0 Å². The highest BCUT2D eigenvalue weighted by Gasteiger charge is 2.39. The summed E-state index contributed by atoms with van der Waals surface area (Å²) in [6, 6.07) is 6.46. The van der Waals surface area contributed by atoms with E-state index in [9.17, 15) is 19.5 Å². The third-order valence-electron chi connectivity index (χ3n) is 5.30. The van der Waals surface area contributed by atoms with Crippen LogP contribution in [0.25, 0.3) is 0 Å². The predicted octanol–water partition coefficient (Wildman–Crippen LogP) is 1.59. The molecule has 1 saturated heterocycles. The van der Waals surface area contributed by atoms with E-state index in [0.29, 0.717) is 44.5 Å². The van der Waals surface area contributed by atoms with E-state index < -0.39 is 12.0 Å². The van der Waals surface area contributed by atoms with Gasteiger partial charge in [0, 0.05) is 39.6 Å². The van der Waals surface area contributed by atoms with Gasteiger partial charge in [-0.15, -0.1) is 0 Å². The molecule has 0 saturated carbocycles. The zero-order chi connectivity index (χ0) is 18.8. The minimum Gasteiger partial charge on any atom is -0.479 e. The van der Waals surface area contributed by atoms with Gasteiger partial charge in [-0.3, -0.25) is 4.79 Å². The molecule has 0 radical (unpaired) electrons. The molecular weight excluding hydrogens is 334 g/mol. The number of benzene rings is 1. The Kier molecular flexibility index (Phi) is 5.15. The van der Waals surface area contributed by atoms with Crippen LogP contribution in [-0.2, 0) is 16.0 Å². The van der Waals surface area contributed by atoms with Gasteiger partial charge in [-0.25, -0.2) is 9.59 Å². The number of carboxylic acid groups (broad SMARTS) is 1. The zero-order valence-electron chi connectivity index (χ0n) is 15.2. The molecule has 1 aromatic carbocycles. The van der Waals surface area contributed by atoms with E-state index >= 15 is 0 Å². The summed E-state index contributed by atoms with van der Waals surface area (Å²) in [6.07, 6.45) is 1.81. The van der Waals surface area contributed by atoms with Crippen molar-refractivity contribution in [3.05, 3.63) is 35.4 Å². The first-order valence-corrected chi connectivity index (χ1v) is 8.97. The van der Waals surface area contributed by atoms with Gasteiger partial charge in [0.2, 0.25) is 5.91 Å². The summed E-state index contributed by atoms with van der Waals surface area (Å²) in [6.45, 7) is 1.47. The molecule has 3 amide bonds. The summed E-state index contributed by atoms with van der Waals surface area (Å²) in [5, 5.41) is 9.73. The first kappa shape index (κ1) is 18.2. The Morgan fingerprint density at radius 3 is 2.35 bits per heavy atom. The SMILES string of the molecule is CN(C)C(=O)N1CCC(C(=O)N2CCc3ccccc3C2C(=O)O)CC1. The Bertz CT molecular complexity index is 710. The molecule has 1 fully saturated rings. The van der Waals surface area contributed by atoms with Crippen LogP contribution in [0, 0.1) is 5.92 Å². The van der Waals surface area contributed by atoms with Crippen molar-refractivity contribution in [1.82, 2.24) is 14.7 Å². The van der Waals surface area contributed by atoms with E-state index in [-0.39, 0.29) is 17.9 Å². The summed E-state index contributed by atoms with van der Waals surface area (Å²) in [4.78, 5) is 41.7. The number of amides is 3. The summed E-state index contributed by atoms with van der Waals surface area (Å²) in [7, 11) is 3.42. The molecule has 7 heteroatoms. The van der Waals surface area contributed by atoms with Crippen LogP contribution in [0.3, 0.4) is 0 Å². The van der Waals surface area contributed by atoms with Crippen LogP contribution in [0.2, 0.25) is 0 Å². The molecular formula is C19H25N3O4. The van der Waals surface area contributed by atoms with Crippen molar-refractivity contribution in [2.24, 2.45) is 5.92 Å². The molecule has 7 nitrogen and oxygen atoms in total. The van der Waals surface area contributed by atoms with E-state index in [0.717, 1.165) is 5.56 Å².